The van der Waals surface area contributed by atoms with E-state index in [0.29, 0.717) is 47.0 Å². The fourth-order valence-electron chi connectivity index (χ4n) is 6.32. The second-order valence-electron chi connectivity index (χ2n) is 9.79. The van der Waals surface area contributed by atoms with Gasteiger partial charge in [-0.1, -0.05) is 30.3 Å². The lowest BCUT2D eigenvalue weighted by Gasteiger charge is -2.31. The molecule has 0 radical (unpaired) electrons. The van der Waals surface area contributed by atoms with E-state index < -0.39 is 23.0 Å². The van der Waals surface area contributed by atoms with Crippen LogP contribution in [0, 0.1) is 29.0 Å². The van der Waals surface area contributed by atoms with Gasteiger partial charge in [-0.2, -0.15) is 5.26 Å². The van der Waals surface area contributed by atoms with Crippen molar-refractivity contribution in [2.45, 2.75) is 37.4 Å². The number of nitriles is 1. The van der Waals surface area contributed by atoms with Crippen LogP contribution < -0.4 is 9.64 Å². The lowest BCUT2D eigenvalue weighted by molar-refractivity contribution is -0.131. The summed E-state index contributed by atoms with van der Waals surface area (Å²) in [6, 6.07) is 18.8. The van der Waals surface area contributed by atoms with Gasteiger partial charge < -0.3 is 9.47 Å². The third-order valence-electron chi connectivity index (χ3n) is 7.86. The normalized spacial score (nSPS) is 29.0. The molecule has 0 saturated carbocycles. The van der Waals surface area contributed by atoms with Crippen molar-refractivity contribution in [2.75, 3.05) is 11.5 Å². The van der Waals surface area contributed by atoms with Crippen molar-refractivity contribution < 1.29 is 23.5 Å². The number of hydrogen-bond donors (Lipinski definition) is 0. The Morgan fingerprint density at radius 2 is 1.83 bits per heavy atom. The lowest BCUT2D eigenvalue weighted by Crippen LogP contribution is -2.43. The van der Waals surface area contributed by atoms with Crippen LogP contribution in [0.5, 0.6) is 5.75 Å². The first-order valence-corrected chi connectivity index (χ1v) is 11.8. The summed E-state index contributed by atoms with van der Waals surface area (Å²) >= 11 is 0. The quantitative estimate of drug-likeness (QED) is 0.503. The number of hydrogen-bond acceptors (Lipinski definition) is 5. The van der Waals surface area contributed by atoms with Crippen LogP contribution in [-0.4, -0.2) is 29.6 Å². The standard InChI is InChI=1S/C28H23FN2O4/c1-27-11-12-28(35-27,13-14-34-19-6-4-5-18(29)15-19)24-23(27)25(32)31(26(24)33)22-10-9-17(16-30)20-7-2-3-8-21(20)22/h2-10,15,23-24H,11-14H2,1H3/t23-,24+,27-,28-/m0/s1. The van der Waals surface area contributed by atoms with Crippen LogP contribution in [0.4, 0.5) is 10.1 Å². The van der Waals surface area contributed by atoms with E-state index in [-0.39, 0.29) is 24.2 Å². The molecule has 176 valence electrons. The summed E-state index contributed by atoms with van der Waals surface area (Å²) in [5.74, 6) is -1.69. The van der Waals surface area contributed by atoms with E-state index in [9.17, 15) is 19.2 Å². The van der Waals surface area contributed by atoms with Gasteiger partial charge in [-0.15, -0.1) is 0 Å². The van der Waals surface area contributed by atoms with Gasteiger partial charge in [0.15, 0.2) is 0 Å². The van der Waals surface area contributed by atoms with Crippen LogP contribution >= 0.6 is 0 Å². The Morgan fingerprint density at radius 1 is 1.06 bits per heavy atom. The summed E-state index contributed by atoms with van der Waals surface area (Å²) in [5, 5.41) is 10.9. The summed E-state index contributed by atoms with van der Waals surface area (Å²) in [4.78, 5) is 28.9. The predicted octanol–water partition coefficient (Wildman–Crippen LogP) is 4.75. The molecule has 3 aliphatic heterocycles. The molecular weight excluding hydrogens is 447 g/mol. The molecule has 0 unspecified atom stereocenters. The smallest absolute Gasteiger partial charge is 0.240 e. The Kier molecular flexibility index (Phi) is 4.74. The van der Waals surface area contributed by atoms with Crippen LogP contribution in [0.2, 0.25) is 0 Å². The molecule has 7 heteroatoms. The van der Waals surface area contributed by atoms with Crippen LogP contribution in [0.1, 0.15) is 31.7 Å². The maximum atomic E-state index is 13.9. The number of amides is 2. The molecule has 0 N–H and O–H groups in total. The van der Waals surface area contributed by atoms with E-state index in [1.807, 2.05) is 31.2 Å². The zero-order valence-corrected chi connectivity index (χ0v) is 19.2. The number of benzene rings is 3. The van der Waals surface area contributed by atoms with Gasteiger partial charge in [0.2, 0.25) is 11.8 Å². The molecule has 3 aromatic carbocycles. The molecule has 0 spiro atoms. The molecule has 0 aliphatic carbocycles. The Labute approximate surface area is 201 Å². The molecule has 35 heavy (non-hydrogen) atoms. The first-order valence-electron chi connectivity index (χ1n) is 11.8. The molecule has 6 nitrogen and oxygen atoms in total. The molecular formula is C28H23FN2O4. The summed E-state index contributed by atoms with van der Waals surface area (Å²) in [6.45, 7) is 2.16. The second kappa shape index (κ2) is 7.62. The molecule has 3 aliphatic rings. The molecule has 3 fully saturated rings. The molecule has 0 aromatic heterocycles. The van der Waals surface area contributed by atoms with Crippen LogP contribution in [0.3, 0.4) is 0 Å². The highest BCUT2D eigenvalue weighted by atomic mass is 19.1. The lowest BCUT2D eigenvalue weighted by atomic mass is 9.67. The Morgan fingerprint density at radius 3 is 2.60 bits per heavy atom. The minimum absolute atomic E-state index is 0.240. The summed E-state index contributed by atoms with van der Waals surface area (Å²) in [7, 11) is 0. The predicted molar refractivity (Wildman–Crippen MR) is 126 cm³/mol. The van der Waals surface area contributed by atoms with E-state index in [2.05, 4.69) is 6.07 Å². The minimum atomic E-state index is -0.809. The van der Waals surface area contributed by atoms with E-state index in [1.165, 1.54) is 17.0 Å². The van der Waals surface area contributed by atoms with Gasteiger partial charge in [0, 0.05) is 23.3 Å². The highest BCUT2D eigenvalue weighted by Crippen LogP contribution is 2.62. The topological polar surface area (TPSA) is 79.6 Å². The number of rotatable bonds is 5. The molecule has 3 heterocycles. The van der Waals surface area contributed by atoms with E-state index >= 15 is 0 Å². The summed E-state index contributed by atoms with van der Waals surface area (Å²) < 4.78 is 25.7. The zero-order chi connectivity index (χ0) is 24.4. The maximum Gasteiger partial charge on any atom is 0.240 e. The van der Waals surface area contributed by atoms with Crippen LogP contribution in [0.15, 0.2) is 60.7 Å². The zero-order valence-electron chi connectivity index (χ0n) is 19.2. The number of halogens is 1. The fourth-order valence-corrected chi connectivity index (χ4v) is 6.32. The van der Waals surface area contributed by atoms with E-state index in [0.717, 1.165) is 0 Å². The van der Waals surface area contributed by atoms with Crippen LogP contribution in [-0.2, 0) is 14.3 Å². The second-order valence-corrected chi connectivity index (χ2v) is 9.79. The number of nitrogens with zero attached hydrogens (tertiary/aromatic N) is 2. The number of fused-ring (bicyclic) bond motifs is 6. The van der Waals surface area contributed by atoms with E-state index in [1.54, 1.807) is 24.3 Å². The van der Waals surface area contributed by atoms with Crippen molar-refractivity contribution in [3.8, 4) is 11.8 Å². The number of ether oxygens (including phenoxy) is 2. The molecule has 6 rings (SSSR count). The van der Waals surface area contributed by atoms with Gasteiger partial charge in [0.05, 0.1) is 47.0 Å². The molecule has 3 saturated heterocycles. The molecule has 4 atom stereocenters. The third kappa shape index (κ3) is 3.10. The highest BCUT2D eigenvalue weighted by molar-refractivity contribution is 6.26. The highest BCUT2D eigenvalue weighted by Gasteiger charge is 2.73. The number of carbonyl (C=O) groups is 2. The monoisotopic (exact) mass is 470 g/mol. The van der Waals surface area contributed by atoms with Gasteiger partial charge in [-0.05, 0) is 44.0 Å². The third-order valence-corrected chi connectivity index (χ3v) is 7.86. The van der Waals surface area contributed by atoms with Gasteiger partial charge in [-0.3, -0.25) is 9.59 Å². The van der Waals surface area contributed by atoms with E-state index in [4.69, 9.17) is 9.47 Å². The van der Waals surface area contributed by atoms with Crippen LogP contribution in [0.25, 0.3) is 10.8 Å². The first kappa shape index (κ1) is 21.8. The van der Waals surface area contributed by atoms with Gasteiger partial charge in [-0.25, -0.2) is 9.29 Å². The van der Waals surface area contributed by atoms with Crippen molar-refractivity contribution in [1.82, 2.24) is 0 Å². The van der Waals surface area contributed by atoms with Crippen molar-refractivity contribution in [3.05, 3.63) is 72.0 Å². The summed E-state index contributed by atoms with van der Waals surface area (Å²) in [6.07, 6.45) is 1.74. The first-order chi connectivity index (χ1) is 16.9. The number of imide groups is 1. The maximum absolute atomic E-state index is 13.9. The SMILES string of the molecule is C[C@@]12CC[C@@](CCOc3cccc(F)c3)(O1)[C@H]1C(=O)N(c3ccc(C#N)c4ccccc34)C(=O)[C@H]12. The van der Waals surface area contributed by atoms with Gasteiger partial charge in [0.1, 0.15) is 11.6 Å². The number of carbonyl (C=O) groups excluding carboxylic acids is 2. The van der Waals surface area contributed by atoms with Gasteiger partial charge in [0.25, 0.3) is 0 Å². The average Bonchev–Trinajstić information content (AvgIpc) is 3.43. The molecule has 2 amide bonds. The minimum Gasteiger partial charge on any atom is -0.493 e. The molecule has 2 bridgehead atoms. The van der Waals surface area contributed by atoms with Crippen molar-refractivity contribution in [1.29, 1.82) is 5.26 Å². The number of anilines is 1. The molecule has 3 aromatic rings. The summed E-state index contributed by atoms with van der Waals surface area (Å²) in [5.41, 5.74) is -0.549. The van der Waals surface area contributed by atoms with Crippen molar-refractivity contribution in [2.24, 2.45) is 11.8 Å². The van der Waals surface area contributed by atoms with Gasteiger partial charge >= 0.3 is 0 Å². The Hall–Kier alpha value is -3.76. The van der Waals surface area contributed by atoms with Crippen molar-refractivity contribution >= 4 is 28.3 Å². The van der Waals surface area contributed by atoms with Crippen molar-refractivity contribution in [3.63, 3.8) is 0 Å². The largest absolute Gasteiger partial charge is 0.493 e. The Bertz CT molecular complexity index is 1430. The average molecular weight is 471 g/mol. The Balaban J connectivity index is 1.34. The fraction of sp³-hybridized carbons (Fsp3) is 0.321.